The summed E-state index contributed by atoms with van der Waals surface area (Å²) in [6, 6.07) is 14.1. The molecule has 0 saturated carbocycles. The summed E-state index contributed by atoms with van der Waals surface area (Å²) in [6.45, 7) is 1.87. The highest BCUT2D eigenvalue weighted by molar-refractivity contribution is 6.39. The van der Waals surface area contributed by atoms with E-state index in [2.05, 4.69) is 20.3 Å². The average molecular weight is 561 g/mol. The van der Waals surface area contributed by atoms with Crippen LogP contribution in [0.5, 0.6) is 0 Å². The molecule has 196 valence electrons. The van der Waals surface area contributed by atoms with Gasteiger partial charge in [-0.05, 0) is 48.9 Å². The van der Waals surface area contributed by atoms with Gasteiger partial charge >= 0.3 is 5.97 Å². The number of nitrogens with one attached hydrogen (secondary N) is 1. The smallest absolute Gasteiger partial charge is 0.328 e. The molecule has 1 aromatic carbocycles. The van der Waals surface area contributed by atoms with Crippen LogP contribution in [0.1, 0.15) is 22.8 Å². The fourth-order valence-electron chi connectivity index (χ4n) is 4.16. The summed E-state index contributed by atoms with van der Waals surface area (Å²) < 4.78 is 7.16. The topological polar surface area (TPSA) is 112 Å². The largest absolute Gasteiger partial charge is 0.464 e. The van der Waals surface area contributed by atoms with Crippen LogP contribution in [-0.2, 0) is 16.0 Å². The van der Waals surface area contributed by atoms with Crippen molar-refractivity contribution in [3.8, 4) is 17.1 Å². The van der Waals surface area contributed by atoms with Crippen LogP contribution in [-0.4, -0.2) is 49.0 Å². The zero-order valence-corrected chi connectivity index (χ0v) is 22.2. The first kappa shape index (κ1) is 26.3. The van der Waals surface area contributed by atoms with Crippen molar-refractivity contribution in [2.24, 2.45) is 0 Å². The van der Waals surface area contributed by atoms with Crippen LogP contribution in [0.2, 0.25) is 10.0 Å². The van der Waals surface area contributed by atoms with E-state index < -0.39 is 17.9 Å². The molecule has 0 saturated heterocycles. The Morgan fingerprint density at radius 2 is 1.72 bits per heavy atom. The Hall–Kier alpha value is -4.34. The number of esters is 1. The van der Waals surface area contributed by atoms with Gasteiger partial charge < -0.3 is 10.1 Å². The van der Waals surface area contributed by atoms with E-state index in [1.165, 1.54) is 12.4 Å². The number of fused-ring (bicyclic) bond motifs is 1. The molecule has 0 spiro atoms. The molecule has 0 bridgehead atoms. The van der Waals surface area contributed by atoms with Gasteiger partial charge in [-0.3, -0.25) is 19.3 Å². The van der Waals surface area contributed by atoms with Crippen molar-refractivity contribution in [1.29, 1.82) is 0 Å². The van der Waals surface area contributed by atoms with Gasteiger partial charge in [0.2, 0.25) is 0 Å². The summed E-state index contributed by atoms with van der Waals surface area (Å²) in [7, 11) is 0. The van der Waals surface area contributed by atoms with Crippen LogP contribution in [0, 0.1) is 0 Å². The quantitative estimate of drug-likeness (QED) is 0.263. The summed E-state index contributed by atoms with van der Waals surface area (Å²) in [5, 5.41) is 2.86. The lowest BCUT2D eigenvalue weighted by atomic mass is 10.0. The Morgan fingerprint density at radius 1 is 0.974 bits per heavy atom. The van der Waals surface area contributed by atoms with Crippen LogP contribution in [0.25, 0.3) is 28.2 Å². The Morgan fingerprint density at radius 3 is 2.41 bits per heavy atom. The molecular formula is C28H22Cl2N6O3. The van der Waals surface area contributed by atoms with E-state index in [4.69, 9.17) is 32.9 Å². The third kappa shape index (κ3) is 5.59. The van der Waals surface area contributed by atoms with Crippen LogP contribution >= 0.6 is 23.2 Å². The highest BCUT2D eigenvalue weighted by Gasteiger charge is 2.26. The van der Waals surface area contributed by atoms with Gasteiger partial charge in [0.05, 0.1) is 22.2 Å². The van der Waals surface area contributed by atoms with Crippen molar-refractivity contribution < 1.29 is 14.3 Å². The summed E-state index contributed by atoms with van der Waals surface area (Å²) in [6.07, 6.45) is 7.99. The van der Waals surface area contributed by atoms with Crippen LogP contribution in [0.15, 0.2) is 79.5 Å². The van der Waals surface area contributed by atoms with Gasteiger partial charge in [-0.1, -0.05) is 35.3 Å². The average Bonchev–Trinajstić information content (AvgIpc) is 3.33. The minimum atomic E-state index is -0.967. The van der Waals surface area contributed by atoms with Crippen LogP contribution in [0.4, 0.5) is 0 Å². The molecule has 9 nitrogen and oxygen atoms in total. The lowest BCUT2D eigenvalue weighted by molar-refractivity contribution is -0.145. The van der Waals surface area contributed by atoms with Crippen molar-refractivity contribution in [3.05, 3.63) is 101 Å². The molecule has 11 heteroatoms. The first-order valence-corrected chi connectivity index (χ1v) is 12.8. The van der Waals surface area contributed by atoms with Gasteiger partial charge in [-0.25, -0.2) is 14.8 Å². The standard InChI is InChI=1S/C28H22Cl2N6O3/c1-2-39-28(38)23(35-27(37)24-20(29)15-32-16-21(24)30)13-17-7-9-19(10-8-17)36-25(18-5-3-11-31-14-18)34-22-6-4-12-33-26(22)36/h3-12,14-16,23H,2,13H2,1H3,(H,35,37)/t23-/m0/s1. The highest BCUT2D eigenvalue weighted by Crippen LogP contribution is 2.27. The number of carbonyl (C=O) groups is 2. The first-order valence-electron chi connectivity index (χ1n) is 12.1. The Bertz CT molecular complexity index is 1620. The second kappa shape index (κ2) is 11.6. The number of ether oxygens (including phenoxy) is 1. The molecule has 5 aromatic rings. The zero-order valence-electron chi connectivity index (χ0n) is 20.7. The molecule has 39 heavy (non-hydrogen) atoms. The molecular weight excluding hydrogens is 539 g/mol. The molecule has 4 heterocycles. The van der Waals surface area contributed by atoms with Crippen LogP contribution in [0.3, 0.4) is 0 Å². The summed E-state index contributed by atoms with van der Waals surface area (Å²) in [4.78, 5) is 43.1. The van der Waals surface area contributed by atoms with Gasteiger partial charge in [0.1, 0.15) is 17.4 Å². The number of aromatic nitrogens is 5. The van der Waals surface area contributed by atoms with Gasteiger partial charge in [0.15, 0.2) is 5.65 Å². The van der Waals surface area contributed by atoms with E-state index in [9.17, 15) is 9.59 Å². The second-order valence-corrected chi connectivity index (χ2v) is 9.30. The summed E-state index contributed by atoms with van der Waals surface area (Å²) >= 11 is 12.3. The fraction of sp³-hybridized carbons (Fsp3) is 0.143. The Kier molecular flexibility index (Phi) is 7.81. The number of pyridine rings is 3. The molecule has 0 aliphatic carbocycles. The number of rotatable bonds is 8. The molecule has 1 atom stereocenters. The van der Waals surface area contributed by atoms with Gasteiger partial charge in [-0.15, -0.1) is 0 Å². The SMILES string of the molecule is CCOC(=O)[C@H](Cc1ccc(-n2c(-c3cccnc3)nc3cccnc32)cc1)NC(=O)c1c(Cl)cncc1Cl. The van der Waals surface area contributed by atoms with Crippen molar-refractivity contribution in [3.63, 3.8) is 0 Å². The minimum absolute atomic E-state index is 0.0420. The number of amides is 1. The fourth-order valence-corrected chi connectivity index (χ4v) is 4.69. The second-order valence-electron chi connectivity index (χ2n) is 8.49. The van der Waals surface area contributed by atoms with E-state index in [0.29, 0.717) is 11.5 Å². The summed E-state index contributed by atoms with van der Waals surface area (Å²) in [5.41, 5.74) is 3.96. The third-order valence-electron chi connectivity index (χ3n) is 5.93. The van der Waals surface area contributed by atoms with Gasteiger partial charge in [0.25, 0.3) is 5.91 Å². The lowest BCUT2D eigenvalue weighted by Gasteiger charge is -2.18. The van der Waals surface area contributed by atoms with E-state index >= 15 is 0 Å². The van der Waals surface area contributed by atoms with Crippen molar-refractivity contribution >= 4 is 46.2 Å². The molecule has 4 aromatic heterocycles. The maximum Gasteiger partial charge on any atom is 0.328 e. The molecule has 0 aliphatic rings. The normalized spacial score (nSPS) is 11.8. The molecule has 1 amide bonds. The molecule has 1 N–H and O–H groups in total. The molecule has 0 fully saturated rings. The lowest BCUT2D eigenvalue weighted by Crippen LogP contribution is -2.43. The maximum absolute atomic E-state index is 13.0. The predicted molar refractivity (Wildman–Crippen MR) is 148 cm³/mol. The van der Waals surface area contributed by atoms with E-state index in [0.717, 1.165) is 22.3 Å². The Balaban J connectivity index is 1.44. The molecule has 0 unspecified atom stereocenters. The third-order valence-corrected chi connectivity index (χ3v) is 6.50. The number of hydrogen-bond donors (Lipinski definition) is 1. The van der Waals surface area contributed by atoms with Crippen LogP contribution < -0.4 is 5.32 Å². The van der Waals surface area contributed by atoms with E-state index in [-0.39, 0.29) is 28.6 Å². The van der Waals surface area contributed by atoms with E-state index in [1.54, 1.807) is 25.5 Å². The monoisotopic (exact) mass is 560 g/mol. The number of carbonyl (C=O) groups excluding carboxylic acids is 2. The molecule has 0 radical (unpaired) electrons. The number of halogens is 2. The Labute approximate surface area is 233 Å². The molecule has 5 rings (SSSR count). The number of imidazole rings is 1. The molecule has 0 aliphatic heterocycles. The van der Waals surface area contributed by atoms with Gasteiger partial charge in [0, 0.05) is 48.7 Å². The number of benzene rings is 1. The van der Waals surface area contributed by atoms with Crippen molar-refractivity contribution in [2.75, 3.05) is 6.61 Å². The van der Waals surface area contributed by atoms with Crippen molar-refractivity contribution in [2.45, 2.75) is 19.4 Å². The predicted octanol–water partition coefficient (Wildman–Crippen LogP) is 5.09. The number of nitrogens with zero attached hydrogens (tertiary/aromatic N) is 5. The van der Waals surface area contributed by atoms with E-state index in [1.807, 2.05) is 53.1 Å². The highest BCUT2D eigenvalue weighted by atomic mass is 35.5. The first-order chi connectivity index (χ1) is 19.0. The summed E-state index contributed by atoms with van der Waals surface area (Å²) in [5.74, 6) is -0.466. The van der Waals surface area contributed by atoms with Crippen molar-refractivity contribution in [1.82, 2.24) is 29.8 Å². The number of hydrogen-bond acceptors (Lipinski definition) is 7. The minimum Gasteiger partial charge on any atom is -0.464 e. The zero-order chi connectivity index (χ0) is 27.4. The maximum atomic E-state index is 13.0. The van der Waals surface area contributed by atoms with Gasteiger partial charge in [-0.2, -0.15) is 0 Å².